The van der Waals surface area contributed by atoms with Gasteiger partial charge in [-0.3, -0.25) is 4.52 Å². The average molecular weight is 492 g/mol. The highest BCUT2D eigenvalue weighted by molar-refractivity contribution is 7.31. The number of ether oxygens (including phenoxy) is 1. The zero-order chi connectivity index (χ0) is 25.4. The molecule has 0 bridgehead atoms. The summed E-state index contributed by atoms with van der Waals surface area (Å²) in [5.74, 6) is 1.60. The van der Waals surface area contributed by atoms with Crippen molar-refractivity contribution in [3.63, 3.8) is 0 Å². The monoisotopic (exact) mass is 491 g/mol. The summed E-state index contributed by atoms with van der Waals surface area (Å²) in [5.41, 5.74) is 6.84. The van der Waals surface area contributed by atoms with E-state index in [9.17, 15) is 9.46 Å². The lowest BCUT2D eigenvalue weighted by Gasteiger charge is -2.18. The molecule has 0 aromatic heterocycles. The smallest absolute Gasteiger partial charge is 0.539 e. The highest BCUT2D eigenvalue weighted by Crippen LogP contribution is 2.36. The van der Waals surface area contributed by atoms with Gasteiger partial charge in [0.15, 0.2) is 5.75 Å². The molecule has 1 atom stereocenters. The fourth-order valence-electron chi connectivity index (χ4n) is 3.94. The molecular weight excluding hydrogens is 457 g/mol. The van der Waals surface area contributed by atoms with E-state index in [4.69, 9.17) is 9.26 Å². The van der Waals surface area contributed by atoms with Gasteiger partial charge in [0.25, 0.3) is 0 Å². The molecule has 184 valence electrons. The Morgan fingerprint density at radius 3 is 1.83 bits per heavy atom. The lowest BCUT2D eigenvalue weighted by molar-refractivity contribution is -0.178. The lowest BCUT2D eigenvalue weighted by atomic mass is 9.87. The third kappa shape index (κ3) is 7.50. The van der Waals surface area contributed by atoms with E-state index < -0.39 is 8.25 Å². The SMILES string of the molecule is CC/C(=C(\c1ccc(OCCN(C)C)cc1)c1ccc(O[P+](=O)[O-])cc1)c1ccc(C(C)C)cc1. The molecule has 0 fully saturated rings. The first-order chi connectivity index (χ1) is 16.8. The Morgan fingerprint density at radius 2 is 1.37 bits per heavy atom. The Kier molecular flexibility index (Phi) is 9.62. The highest BCUT2D eigenvalue weighted by atomic mass is 31.1. The fourth-order valence-corrected chi connectivity index (χ4v) is 4.24. The van der Waals surface area contributed by atoms with Crippen molar-refractivity contribution >= 4 is 19.4 Å². The van der Waals surface area contributed by atoms with Crippen LogP contribution >= 0.6 is 8.25 Å². The van der Waals surface area contributed by atoms with E-state index in [2.05, 4.69) is 62.1 Å². The summed E-state index contributed by atoms with van der Waals surface area (Å²) >= 11 is 0. The van der Waals surface area contributed by atoms with E-state index in [-0.39, 0.29) is 0 Å². The van der Waals surface area contributed by atoms with Crippen LogP contribution in [0.15, 0.2) is 72.8 Å². The maximum atomic E-state index is 11.0. The van der Waals surface area contributed by atoms with Gasteiger partial charge < -0.3 is 14.5 Å². The predicted octanol–water partition coefficient (Wildman–Crippen LogP) is 6.52. The number of hydrogen-bond donors (Lipinski definition) is 0. The molecule has 0 heterocycles. The summed E-state index contributed by atoms with van der Waals surface area (Å²) in [4.78, 5) is 13.0. The Hall–Kier alpha value is -2.98. The molecule has 3 rings (SSSR count). The van der Waals surface area contributed by atoms with Crippen LogP contribution in [0.5, 0.6) is 11.5 Å². The molecule has 0 spiro atoms. The van der Waals surface area contributed by atoms with Crippen LogP contribution in [-0.4, -0.2) is 32.1 Å². The average Bonchev–Trinajstić information content (AvgIpc) is 2.83. The van der Waals surface area contributed by atoms with Crippen molar-refractivity contribution in [1.82, 2.24) is 4.90 Å². The standard InChI is InChI=1S/C29H34NO4P/c1-6-28(23-9-7-22(8-10-23)21(2)3)29(25-13-17-27(18-14-25)34-35(31)32)24-11-15-26(16-12-24)33-20-19-30(4)5/h7-18,21H,6,19-20H2,1-5H3/b29-28-. The number of allylic oxidation sites excluding steroid dienone is 1. The van der Waals surface area contributed by atoms with Gasteiger partial charge in [0.2, 0.25) is 0 Å². The molecule has 0 radical (unpaired) electrons. The highest BCUT2D eigenvalue weighted by Gasteiger charge is 2.15. The van der Waals surface area contributed by atoms with Crippen LogP contribution in [0, 0.1) is 0 Å². The van der Waals surface area contributed by atoms with Gasteiger partial charge in [-0.25, -0.2) is 0 Å². The second-order valence-corrected chi connectivity index (χ2v) is 9.63. The zero-order valence-electron chi connectivity index (χ0n) is 21.2. The maximum Gasteiger partial charge on any atom is 0.539 e. The van der Waals surface area contributed by atoms with Gasteiger partial charge in [0.1, 0.15) is 12.4 Å². The molecule has 0 N–H and O–H groups in total. The third-order valence-corrected chi connectivity index (χ3v) is 6.21. The van der Waals surface area contributed by atoms with E-state index in [1.54, 1.807) is 12.1 Å². The van der Waals surface area contributed by atoms with E-state index in [0.717, 1.165) is 35.4 Å². The number of benzene rings is 3. The van der Waals surface area contributed by atoms with Crippen molar-refractivity contribution in [3.05, 3.63) is 95.1 Å². The first-order valence-electron chi connectivity index (χ1n) is 11.9. The molecule has 1 unspecified atom stereocenters. The Balaban J connectivity index is 2.05. The largest absolute Gasteiger partial charge is 0.558 e. The summed E-state index contributed by atoms with van der Waals surface area (Å²) < 4.78 is 21.7. The van der Waals surface area contributed by atoms with Gasteiger partial charge in [0, 0.05) is 6.54 Å². The topological polar surface area (TPSA) is 61.8 Å². The molecule has 5 nitrogen and oxygen atoms in total. The summed E-state index contributed by atoms with van der Waals surface area (Å²) in [6.07, 6.45) is 0.835. The molecule has 0 aliphatic carbocycles. The van der Waals surface area contributed by atoms with Crippen molar-refractivity contribution < 1.29 is 18.7 Å². The van der Waals surface area contributed by atoms with E-state index >= 15 is 0 Å². The van der Waals surface area contributed by atoms with Crippen LogP contribution < -0.4 is 14.2 Å². The second kappa shape index (κ2) is 12.6. The number of likely N-dealkylation sites (N-methyl/N-ethyl adjacent to an activating group) is 1. The summed E-state index contributed by atoms with van der Waals surface area (Å²) in [6.45, 7) is 8.02. The van der Waals surface area contributed by atoms with Gasteiger partial charge in [-0.15, -0.1) is 0 Å². The zero-order valence-corrected chi connectivity index (χ0v) is 22.0. The number of nitrogens with zero attached hydrogens (tertiary/aromatic N) is 1. The minimum absolute atomic E-state index is 0.299. The molecule has 3 aromatic carbocycles. The van der Waals surface area contributed by atoms with Crippen molar-refractivity contribution in [2.45, 2.75) is 33.1 Å². The molecule has 0 saturated heterocycles. The van der Waals surface area contributed by atoms with Gasteiger partial charge in [-0.05, 0) is 88.7 Å². The van der Waals surface area contributed by atoms with Crippen LogP contribution in [0.4, 0.5) is 0 Å². The fraction of sp³-hybridized carbons (Fsp3) is 0.310. The number of hydrogen-bond acceptors (Lipinski definition) is 5. The molecule has 35 heavy (non-hydrogen) atoms. The third-order valence-electron chi connectivity index (χ3n) is 5.85. The normalized spacial score (nSPS) is 12.5. The Bertz CT molecular complexity index is 1130. The molecule has 6 heteroatoms. The summed E-state index contributed by atoms with van der Waals surface area (Å²) in [6, 6.07) is 24.1. The van der Waals surface area contributed by atoms with Crippen LogP contribution in [-0.2, 0) is 4.57 Å². The molecule has 0 saturated carbocycles. The minimum Gasteiger partial charge on any atom is -0.558 e. The first-order valence-corrected chi connectivity index (χ1v) is 13.0. The van der Waals surface area contributed by atoms with Crippen LogP contribution in [0.1, 0.15) is 55.4 Å². The van der Waals surface area contributed by atoms with Crippen molar-refractivity contribution in [3.8, 4) is 11.5 Å². The second-order valence-electron chi connectivity index (χ2n) is 9.00. The molecule has 3 aromatic rings. The first kappa shape index (κ1) is 26.6. The summed E-state index contributed by atoms with van der Waals surface area (Å²) in [5, 5.41) is 0. The van der Waals surface area contributed by atoms with Crippen molar-refractivity contribution in [2.24, 2.45) is 0 Å². The van der Waals surface area contributed by atoms with Crippen LogP contribution in [0.3, 0.4) is 0 Å². The van der Waals surface area contributed by atoms with E-state index in [0.29, 0.717) is 18.3 Å². The number of rotatable bonds is 11. The van der Waals surface area contributed by atoms with Crippen LogP contribution in [0.25, 0.3) is 11.1 Å². The molecular formula is C29H34NO4P. The van der Waals surface area contributed by atoms with Gasteiger partial charge in [-0.2, -0.15) is 0 Å². The quantitative estimate of drug-likeness (QED) is 0.226. The Morgan fingerprint density at radius 1 is 0.857 bits per heavy atom. The molecule has 0 aliphatic heterocycles. The van der Waals surface area contributed by atoms with Crippen molar-refractivity contribution in [1.29, 1.82) is 0 Å². The van der Waals surface area contributed by atoms with Gasteiger partial charge in [0.05, 0.1) is 0 Å². The van der Waals surface area contributed by atoms with E-state index in [1.807, 2.05) is 38.4 Å². The summed E-state index contributed by atoms with van der Waals surface area (Å²) in [7, 11) is 1.10. The van der Waals surface area contributed by atoms with Crippen LogP contribution in [0.2, 0.25) is 0 Å². The van der Waals surface area contributed by atoms with E-state index in [1.165, 1.54) is 16.7 Å². The minimum atomic E-state index is -2.95. The van der Waals surface area contributed by atoms with Gasteiger partial charge in [-0.1, -0.05) is 69.3 Å². The Labute approximate surface area is 210 Å². The van der Waals surface area contributed by atoms with Gasteiger partial charge >= 0.3 is 8.25 Å². The molecule has 0 aliphatic rings. The van der Waals surface area contributed by atoms with Crippen molar-refractivity contribution in [2.75, 3.05) is 27.2 Å². The lowest BCUT2D eigenvalue weighted by Crippen LogP contribution is -2.19. The maximum absolute atomic E-state index is 11.0. The molecule has 0 amide bonds. The predicted molar refractivity (Wildman–Crippen MR) is 142 cm³/mol.